The van der Waals surface area contributed by atoms with Crippen molar-refractivity contribution in [2.24, 2.45) is 17.8 Å². The van der Waals surface area contributed by atoms with E-state index in [-0.39, 0.29) is 17.9 Å². The van der Waals surface area contributed by atoms with E-state index in [1.54, 1.807) is 0 Å². The van der Waals surface area contributed by atoms with Crippen molar-refractivity contribution in [3.63, 3.8) is 0 Å². The van der Waals surface area contributed by atoms with Crippen molar-refractivity contribution in [1.82, 2.24) is 5.32 Å². The van der Waals surface area contributed by atoms with Crippen molar-refractivity contribution < 1.29 is 24.2 Å². The van der Waals surface area contributed by atoms with Crippen molar-refractivity contribution in [2.75, 3.05) is 0 Å². The maximum Gasteiger partial charge on any atom is 0.329 e. The third-order valence-electron chi connectivity index (χ3n) is 7.73. The Morgan fingerprint density at radius 2 is 1.39 bits per heavy atom. The van der Waals surface area contributed by atoms with Gasteiger partial charge < -0.3 is 15.2 Å². The van der Waals surface area contributed by atoms with Gasteiger partial charge in [0.2, 0.25) is 5.91 Å². The van der Waals surface area contributed by atoms with Gasteiger partial charge in [-0.25, -0.2) is 4.79 Å². The van der Waals surface area contributed by atoms with Crippen LogP contribution in [-0.2, 0) is 19.1 Å². The number of carbonyl (C=O) groups excluding carboxylic acids is 2. The van der Waals surface area contributed by atoms with Crippen LogP contribution in [0.1, 0.15) is 143 Å². The topological polar surface area (TPSA) is 92.7 Å². The molecule has 1 saturated carbocycles. The van der Waals surface area contributed by atoms with E-state index >= 15 is 0 Å². The Bertz CT molecular complexity index is 620. The van der Waals surface area contributed by atoms with Gasteiger partial charge in [0.05, 0.1) is 6.42 Å². The highest BCUT2D eigenvalue weighted by molar-refractivity contribution is 5.87. The van der Waals surface area contributed by atoms with Crippen LogP contribution < -0.4 is 5.32 Å². The van der Waals surface area contributed by atoms with Gasteiger partial charge in [-0.05, 0) is 37.0 Å². The van der Waals surface area contributed by atoms with Gasteiger partial charge in [0.25, 0.3) is 0 Å². The molecule has 1 amide bonds. The molecule has 1 rings (SSSR count). The van der Waals surface area contributed by atoms with E-state index in [9.17, 15) is 19.5 Å². The number of carboxylic acids is 1. The van der Waals surface area contributed by atoms with Gasteiger partial charge in [0, 0.05) is 6.42 Å². The maximum atomic E-state index is 12.8. The van der Waals surface area contributed by atoms with E-state index in [2.05, 4.69) is 33.0 Å². The number of aliphatic carboxylic acids is 1. The standard InChI is InChI=1S/C30H55NO5/c1-5-6-7-8-9-10-11-12-13-14-15-16-17-18-28(32)31-26(22-29(33)34)30(35)36-27-21-24(4)19-20-25(27)23(2)3/h23-27H,5-22H2,1-4H3,(H,31,32)(H,33,34)/t24?,25?,26-,27?/m1/s1. The summed E-state index contributed by atoms with van der Waals surface area (Å²) in [6.07, 6.45) is 18.6. The quantitative estimate of drug-likeness (QED) is 0.131. The van der Waals surface area contributed by atoms with E-state index in [0.717, 1.165) is 38.5 Å². The number of esters is 1. The summed E-state index contributed by atoms with van der Waals surface area (Å²) in [4.78, 5) is 36.6. The van der Waals surface area contributed by atoms with Gasteiger partial charge in [-0.15, -0.1) is 0 Å². The number of nitrogens with one attached hydrogen (secondary N) is 1. The second kappa shape index (κ2) is 19.5. The summed E-state index contributed by atoms with van der Waals surface area (Å²) < 4.78 is 5.80. The highest BCUT2D eigenvalue weighted by Crippen LogP contribution is 2.35. The molecule has 0 radical (unpaired) electrons. The molecular formula is C30H55NO5. The van der Waals surface area contributed by atoms with Crippen LogP contribution in [0.25, 0.3) is 0 Å². The number of unbranched alkanes of at least 4 members (excludes halogenated alkanes) is 12. The fraction of sp³-hybridized carbons (Fsp3) is 0.900. The van der Waals surface area contributed by atoms with Crippen LogP contribution in [0.5, 0.6) is 0 Å². The number of hydrogen-bond acceptors (Lipinski definition) is 4. The summed E-state index contributed by atoms with van der Waals surface area (Å²) in [5.74, 6) is -0.855. The first-order valence-electron chi connectivity index (χ1n) is 15.0. The molecule has 36 heavy (non-hydrogen) atoms. The molecule has 3 unspecified atom stereocenters. The predicted octanol–water partition coefficient (Wildman–Crippen LogP) is 7.43. The highest BCUT2D eigenvalue weighted by atomic mass is 16.5. The summed E-state index contributed by atoms with van der Waals surface area (Å²) in [5, 5.41) is 11.9. The first-order chi connectivity index (χ1) is 17.2. The van der Waals surface area contributed by atoms with E-state index in [1.165, 1.54) is 64.2 Å². The zero-order valence-corrected chi connectivity index (χ0v) is 23.7. The number of carbonyl (C=O) groups is 3. The van der Waals surface area contributed by atoms with E-state index in [1.807, 2.05) is 0 Å². The summed E-state index contributed by atoms with van der Waals surface area (Å²) >= 11 is 0. The van der Waals surface area contributed by atoms with Crippen LogP contribution in [0.15, 0.2) is 0 Å². The molecule has 0 saturated heterocycles. The molecule has 4 atom stereocenters. The molecule has 1 aliphatic carbocycles. The van der Waals surface area contributed by atoms with Crippen LogP contribution in [0, 0.1) is 17.8 Å². The molecule has 0 aromatic rings. The van der Waals surface area contributed by atoms with Gasteiger partial charge in [0.15, 0.2) is 0 Å². The average Bonchev–Trinajstić information content (AvgIpc) is 2.81. The third kappa shape index (κ3) is 14.8. The lowest BCUT2D eigenvalue weighted by Gasteiger charge is -2.37. The molecule has 0 spiro atoms. The molecule has 0 aromatic heterocycles. The van der Waals surface area contributed by atoms with E-state index < -0.39 is 24.4 Å². The van der Waals surface area contributed by atoms with Gasteiger partial charge in [-0.3, -0.25) is 9.59 Å². The van der Waals surface area contributed by atoms with Crippen LogP contribution in [0.4, 0.5) is 0 Å². The molecule has 0 bridgehead atoms. The molecule has 0 heterocycles. The Kier molecular flexibility index (Phi) is 17.6. The molecule has 210 valence electrons. The van der Waals surface area contributed by atoms with E-state index in [4.69, 9.17) is 4.74 Å². The van der Waals surface area contributed by atoms with Crippen molar-refractivity contribution in [1.29, 1.82) is 0 Å². The Morgan fingerprint density at radius 1 is 0.861 bits per heavy atom. The Balaban J connectivity index is 2.27. The van der Waals surface area contributed by atoms with Crippen molar-refractivity contribution in [3.8, 4) is 0 Å². The van der Waals surface area contributed by atoms with E-state index in [0.29, 0.717) is 18.3 Å². The number of amides is 1. The second-order valence-electron chi connectivity index (χ2n) is 11.5. The second-order valence-corrected chi connectivity index (χ2v) is 11.5. The number of hydrogen-bond donors (Lipinski definition) is 2. The van der Waals surface area contributed by atoms with Crippen LogP contribution >= 0.6 is 0 Å². The number of ether oxygens (including phenoxy) is 1. The molecule has 0 aliphatic heterocycles. The minimum atomic E-state index is -1.12. The molecule has 1 fully saturated rings. The minimum Gasteiger partial charge on any atom is -0.481 e. The molecule has 6 heteroatoms. The van der Waals surface area contributed by atoms with Gasteiger partial charge in [-0.2, -0.15) is 0 Å². The molecule has 2 N–H and O–H groups in total. The van der Waals surface area contributed by atoms with Gasteiger partial charge in [0.1, 0.15) is 12.1 Å². The van der Waals surface area contributed by atoms with Crippen LogP contribution in [0.3, 0.4) is 0 Å². The first-order valence-corrected chi connectivity index (χ1v) is 15.0. The Labute approximate surface area is 220 Å². The van der Waals surface area contributed by atoms with Crippen LogP contribution in [-0.4, -0.2) is 35.1 Å². The van der Waals surface area contributed by atoms with Gasteiger partial charge in [-0.1, -0.05) is 111 Å². The fourth-order valence-electron chi connectivity index (χ4n) is 5.42. The first kappa shape index (κ1) is 32.4. The van der Waals surface area contributed by atoms with Crippen molar-refractivity contribution >= 4 is 17.8 Å². The lowest BCUT2D eigenvalue weighted by Crippen LogP contribution is -2.46. The molecule has 6 nitrogen and oxygen atoms in total. The maximum absolute atomic E-state index is 12.8. The van der Waals surface area contributed by atoms with Crippen molar-refractivity contribution in [3.05, 3.63) is 0 Å². The summed E-state index contributed by atoms with van der Waals surface area (Å²) in [6.45, 7) is 8.67. The lowest BCUT2D eigenvalue weighted by atomic mass is 9.75. The Morgan fingerprint density at radius 3 is 1.89 bits per heavy atom. The highest BCUT2D eigenvalue weighted by Gasteiger charge is 2.35. The monoisotopic (exact) mass is 509 g/mol. The zero-order valence-electron chi connectivity index (χ0n) is 23.7. The summed E-state index contributed by atoms with van der Waals surface area (Å²) in [6, 6.07) is -1.12. The van der Waals surface area contributed by atoms with Gasteiger partial charge >= 0.3 is 11.9 Å². The number of carboxylic acid groups (broad SMARTS) is 1. The SMILES string of the molecule is CCCCCCCCCCCCCCCC(=O)N[C@H](CC(=O)O)C(=O)OC1CC(C)CCC1C(C)C. The molecular weight excluding hydrogens is 454 g/mol. The average molecular weight is 510 g/mol. The van der Waals surface area contributed by atoms with Crippen LogP contribution in [0.2, 0.25) is 0 Å². The zero-order chi connectivity index (χ0) is 26.8. The molecule has 0 aromatic carbocycles. The largest absolute Gasteiger partial charge is 0.481 e. The lowest BCUT2D eigenvalue weighted by molar-refractivity contribution is -0.161. The summed E-state index contributed by atoms with van der Waals surface area (Å²) in [5.41, 5.74) is 0. The smallest absolute Gasteiger partial charge is 0.329 e. The normalized spacial score (nSPS) is 20.8. The number of rotatable bonds is 20. The molecule has 1 aliphatic rings. The third-order valence-corrected chi connectivity index (χ3v) is 7.73. The summed E-state index contributed by atoms with van der Waals surface area (Å²) in [7, 11) is 0. The predicted molar refractivity (Wildman–Crippen MR) is 146 cm³/mol. The fourth-order valence-corrected chi connectivity index (χ4v) is 5.42. The minimum absolute atomic E-state index is 0.212. The Hall–Kier alpha value is -1.59. The van der Waals surface area contributed by atoms with Crippen molar-refractivity contribution in [2.45, 2.75) is 155 Å².